The Morgan fingerprint density at radius 2 is 1.85 bits per heavy atom. The molecule has 2 fully saturated rings. The molecule has 1 N–H and O–H groups in total. The third kappa shape index (κ3) is 6.46. The van der Waals surface area contributed by atoms with Crippen LogP contribution in [0.1, 0.15) is 39.5 Å². The van der Waals surface area contributed by atoms with E-state index in [1.807, 2.05) is 0 Å². The number of carbonyl (C=O) groups excluding carboxylic acids is 2. The number of cyclic esters (lactones) is 1. The van der Waals surface area contributed by atoms with Crippen LogP contribution in [0.3, 0.4) is 0 Å². The minimum Gasteiger partial charge on any atom is -0.489 e. The maximum Gasteiger partial charge on any atom is 0.427 e. The number of nitrogens with zero attached hydrogens (tertiary/aromatic N) is 2. The lowest BCUT2D eigenvalue weighted by molar-refractivity contribution is -0.139. The average Bonchev–Trinajstić information content (AvgIpc) is 3.53. The Balaban J connectivity index is 0.000000201. The number of fused-ring (bicyclic) bond motifs is 1. The van der Waals surface area contributed by atoms with E-state index in [1.54, 1.807) is 44.3 Å². The average molecular weight is 591 g/mol. The summed E-state index contributed by atoms with van der Waals surface area (Å²) in [5, 5.41) is 9.94. The molecule has 1 saturated carbocycles. The van der Waals surface area contributed by atoms with Gasteiger partial charge in [0.25, 0.3) is 0 Å². The topological polar surface area (TPSA) is 115 Å². The molecular formula is C28H25Cl2FN2O7. The number of anilines is 1. The smallest absolute Gasteiger partial charge is 0.427 e. The molecule has 1 aromatic heterocycles. The van der Waals surface area contributed by atoms with Crippen LogP contribution in [0.5, 0.6) is 11.5 Å². The number of amides is 2. The summed E-state index contributed by atoms with van der Waals surface area (Å²) in [4.78, 5) is 39.5. The molecule has 5 rings (SSSR count). The van der Waals surface area contributed by atoms with Gasteiger partial charge >= 0.3 is 18.0 Å². The first-order chi connectivity index (χ1) is 19.1. The summed E-state index contributed by atoms with van der Waals surface area (Å²) in [5.74, 6) is -1.94. The minimum absolute atomic E-state index is 0.00962. The van der Waals surface area contributed by atoms with E-state index in [0.29, 0.717) is 26.8 Å². The van der Waals surface area contributed by atoms with Gasteiger partial charge in [-0.05, 0) is 75.4 Å². The number of pyridine rings is 1. The van der Waals surface area contributed by atoms with Gasteiger partial charge in [-0.25, -0.2) is 18.9 Å². The van der Waals surface area contributed by atoms with E-state index in [2.05, 4.69) is 4.98 Å². The number of allylic oxidation sites excluding steroid dienone is 1. The molecule has 210 valence electrons. The molecule has 2 aromatic carbocycles. The fraction of sp³-hybridized carbons (Fsp3) is 0.286. The fourth-order valence-corrected chi connectivity index (χ4v) is 4.63. The predicted molar refractivity (Wildman–Crippen MR) is 147 cm³/mol. The molecule has 3 aromatic rings. The number of benzene rings is 2. The normalized spacial score (nSPS) is 15.1. The van der Waals surface area contributed by atoms with Crippen molar-refractivity contribution in [1.82, 2.24) is 4.98 Å². The van der Waals surface area contributed by atoms with Crippen LogP contribution < -0.4 is 14.4 Å². The van der Waals surface area contributed by atoms with Gasteiger partial charge in [-0.2, -0.15) is 0 Å². The zero-order chi connectivity index (χ0) is 29.0. The number of rotatable bonds is 6. The zero-order valence-electron chi connectivity index (χ0n) is 21.6. The standard InChI is InChI=1S/C17H17ClFNO4.C11H8ClNO3/c1-9(2)15-16(21)20(17(22)24-15)13-8-14(11(18)7-12(13)19)23-10-5-3-4-6-10;12-8-3-4-9(16-6-10(14)15)11-7(8)2-1-5-13-11/h7-8,10H,3-6H2,1-2H3;1-5H,6H2,(H,14,15). The van der Waals surface area contributed by atoms with E-state index in [1.165, 1.54) is 6.07 Å². The van der Waals surface area contributed by atoms with Crippen LogP contribution in [0.4, 0.5) is 14.9 Å². The number of aliphatic carboxylic acids is 1. The molecule has 9 nitrogen and oxygen atoms in total. The summed E-state index contributed by atoms with van der Waals surface area (Å²) in [5.41, 5.74) is 0.877. The van der Waals surface area contributed by atoms with E-state index >= 15 is 0 Å². The lowest BCUT2D eigenvalue weighted by Crippen LogP contribution is -2.29. The van der Waals surface area contributed by atoms with Gasteiger partial charge in [0, 0.05) is 17.6 Å². The van der Waals surface area contributed by atoms with Crippen molar-refractivity contribution in [3.63, 3.8) is 0 Å². The van der Waals surface area contributed by atoms with Gasteiger partial charge in [0.15, 0.2) is 12.4 Å². The van der Waals surface area contributed by atoms with E-state index < -0.39 is 30.4 Å². The second-order valence-corrected chi connectivity index (χ2v) is 10.0. The molecule has 0 unspecified atom stereocenters. The Kier molecular flexibility index (Phi) is 9.11. The highest BCUT2D eigenvalue weighted by atomic mass is 35.5. The summed E-state index contributed by atoms with van der Waals surface area (Å²) in [7, 11) is 0. The number of aromatic nitrogens is 1. The third-order valence-electron chi connectivity index (χ3n) is 6.09. The summed E-state index contributed by atoms with van der Waals surface area (Å²) in [6.07, 6.45) is 4.60. The molecule has 0 bridgehead atoms. The first kappa shape index (κ1) is 29.1. The molecule has 1 saturated heterocycles. The Morgan fingerprint density at radius 3 is 2.50 bits per heavy atom. The quantitative estimate of drug-likeness (QED) is 0.307. The highest BCUT2D eigenvalue weighted by Gasteiger charge is 2.40. The Bertz CT molecular complexity index is 1500. The number of carbonyl (C=O) groups is 3. The van der Waals surface area contributed by atoms with Crippen molar-refractivity contribution in [3.8, 4) is 11.5 Å². The minimum atomic E-state index is -1.03. The first-order valence-corrected chi connectivity index (χ1v) is 13.1. The summed E-state index contributed by atoms with van der Waals surface area (Å²) in [6, 6.07) is 9.15. The predicted octanol–water partition coefficient (Wildman–Crippen LogP) is 6.93. The monoisotopic (exact) mass is 590 g/mol. The highest BCUT2D eigenvalue weighted by Crippen LogP contribution is 2.37. The molecule has 40 heavy (non-hydrogen) atoms. The molecule has 2 heterocycles. The Labute approximate surface area is 239 Å². The van der Waals surface area contributed by atoms with E-state index in [0.717, 1.165) is 37.1 Å². The number of hydrogen-bond donors (Lipinski definition) is 1. The summed E-state index contributed by atoms with van der Waals surface area (Å²) < 4.78 is 30.2. The number of carboxylic acid groups (broad SMARTS) is 1. The van der Waals surface area contributed by atoms with Crippen LogP contribution >= 0.6 is 23.2 Å². The second kappa shape index (κ2) is 12.5. The van der Waals surface area contributed by atoms with Crippen molar-refractivity contribution in [2.24, 2.45) is 0 Å². The van der Waals surface area contributed by atoms with Gasteiger partial charge in [-0.1, -0.05) is 23.2 Å². The summed E-state index contributed by atoms with van der Waals surface area (Å²) >= 11 is 12.0. The van der Waals surface area contributed by atoms with Crippen LogP contribution in [-0.4, -0.2) is 40.8 Å². The van der Waals surface area contributed by atoms with Crippen LogP contribution in [0, 0.1) is 5.82 Å². The second-order valence-electron chi connectivity index (χ2n) is 9.22. The van der Waals surface area contributed by atoms with Crippen molar-refractivity contribution < 1.29 is 38.1 Å². The van der Waals surface area contributed by atoms with Gasteiger partial charge in [0.05, 0.1) is 21.8 Å². The van der Waals surface area contributed by atoms with Crippen LogP contribution in [-0.2, 0) is 14.3 Å². The van der Waals surface area contributed by atoms with Crippen LogP contribution in [0.2, 0.25) is 10.0 Å². The molecule has 0 spiro atoms. The van der Waals surface area contributed by atoms with Crippen molar-refractivity contribution >= 4 is 57.8 Å². The molecular weight excluding hydrogens is 566 g/mol. The molecule has 1 aliphatic heterocycles. The zero-order valence-corrected chi connectivity index (χ0v) is 23.1. The number of halogens is 3. The number of ether oxygens (including phenoxy) is 3. The first-order valence-electron chi connectivity index (χ1n) is 12.3. The SMILES string of the molecule is CC(C)=C1OC(=O)N(c2cc(OC3CCCC3)c(Cl)cc2F)C1=O.O=C(O)COc1ccc(Cl)c2cccnc12. The molecule has 12 heteroatoms. The largest absolute Gasteiger partial charge is 0.489 e. The lowest BCUT2D eigenvalue weighted by atomic mass is 10.2. The number of hydrogen-bond acceptors (Lipinski definition) is 7. The molecule has 0 atom stereocenters. The molecule has 0 radical (unpaired) electrons. The Morgan fingerprint density at radius 1 is 1.12 bits per heavy atom. The van der Waals surface area contributed by atoms with Crippen molar-refractivity contribution in [1.29, 1.82) is 0 Å². The van der Waals surface area contributed by atoms with E-state index in [9.17, 15) is 18.8 Å². The van der Waals surface area contributed by atoms with E-state index in [-0.39, 0.29) is 28.3 Å². The van der Waals surface area contributed by atoms with Gasteiger partial charge in [-0.3, -0.25) is 9.78 Å². The Hall–Kier alpha value is -3.89. The van der Waals surface area contributed by atoms with Crippen LogP contribution in [0.25, 0.3) is 10.9 Å². The van der Waals surface area contributed by atoms with Crippen molar-refractivity contribution in [2.45, 2.75) is 45.6 Å². The van der Waals surface area contributed by atoms with Gasteiger partial charge < -0.3 is 19.3 Å². The lowest BCUT2D eigenvalue weighted by Gasteiger charge is -2.18. The van der Waals surface area contributed by atoms with Gasteiger partial charge in [-0.15, -0.1) is 0 Å². The number of carboxylic acids is 1. The molecule has 2 amide bonds. The molecule has 1 aliphatic carbocycles. The fourth-order valence-electron chi connectivity index (χ4n) is 4.22. The maximum atomic E-state index is 14.3. The highest BCUT2D eigenvalue weighted by molar-refractivity contribution is 6.35. The summed E-state index contributed by atoms with van der Waals surface area (Å²) in [6.45, 7) is 2.88. The van der Waals surface area contributed by atoms with Crippen molar-refractivity contribution in [3.05, 3.63) is 69.8 Å². The number of imide groups is 1. The van der Waals surface area contributed by atoms with Crippen LogP contribution in [0.15, 0.2) is 53.9 Å². The maximum absolute atomic E-state index is 14.3. The molecule has 2 aliphatic rings. The third-order valence-corrected chi connectivity index (χ3v) is 6.72. The van der Waals surface area contributed by atoms with Gasteiger partial charge in [0.2, 0.25) is 0 Å². The van der Waals surface area contributed by atoms with E-state index in [4.69, 9.17) is 42.5 Å². The van der Waals surface area contributed by atoms with Crippen molar-refractivity contribution in [2.75, 3.05) is 11.5 Å². The van der Waals surface area contributed by atoms with Gasteiger partial charge in [0.1, 0.15) is 22.8 Å².